The second-order valence-corrected chi connectivity index (χ2v) is 6.75. The van der Waals surface area contributed by atoms with Crippen LogP contribution in [-0.4, -0.2) is 43.2 Å². The maximum atomic E-state index is 11.9. The van der Waals surface area contributed by atoms with E-state index >= 15 is 0 Å². The summed E-state index contributed by atoms with van der Waals surface area (Å²) in [5.41, 5.74) is 0.734. The molecule has 0 radical (unpaired) electrons. The van der Waals surface area contributed by atoms with Gasteiger partial charge in [0.15, 0.2) is 0 Å². The molecule has 1 N–H and O–H groups in total. The van der Waals surface area contributed by atoms with Crippen LogP contribution in [0.15, 0.2) is 29.2 Å². The summed E-state index contributed by atoms with van der Waals surface area (Å²) in [4.78, 5) is 15.2. The van der Waals surface area contributed by atoms with E-state index in [4.69, 9.17) is 0 Å². The second-order valence-electron chi connectivity index (χ2n) is 5.10. The highest BCUT2D eigenvalue weighted by Crippen LogP contribution is 2.22. The van der Waals surface area contributed by atoms with E-state index in [1.807, 2.05) is 38.4 Å². The average molecular weight is 280 g/mol. The lowest BCUT2D eigenvalue weighted by atomic mass is 10.2. The molecule has 0 aromatic heterocycles. The Labute approximate surface area is 120 Å². The topological polar surface area (TPSA) is 32.3 Å². The van der Waals surface area contributed by atoms with Crippen molar-refractivity contribution in [3.8, 4) is 0 Å². The molecule has 0 bridgehead atoms. The number of hydrogen-bond acceptors (Lipinski definition) is 3. The van der Waals surface area contributed by atoms with E-state index in [1.54, 1.807) is 11.8 Å². The summed E-state index contributed by atoms with van der Waals surface area (Å²) in [5.74, 6) is 0.0138. The second kappa shape index (κ2) is 8.23. The number of nitrogens with zero attached hydrogens (tertiary/aromatic N) is 1. The number of carbonyl (C=O) groups is 1. The zero-order valence-corrected chi connectivity index (χ0v) is 13.1. The molecule has 19 heavy (non-hydrogen) atoms. The first-order valence-corrected chi connectivity index (χ1v) is 7.56. The molecule has 1 aromatic rings. The lowest BCUT2D eigenvalue weighted by Gasteiger charge is -2.10. The third-order valence-corrected chi connectivity index (χ3v) is 3.57. The quantitative estimate of drug-likeness (QED) is 0.616. The fourth-order valence-electron chi connectivity index (χ4n) is 1.66. The van der Waals surface area contributed by atoms with Gasteiger partial charge in [0, 0.05) is 22.3 Å². The van der Waals surface area contributed by atoms with Crippen LogP contribution in [0.5, 0.6) is 0 Å². The van der Waals surface area contributed by atoms with Gasteiger partial charge in [-0.3, -0.25) is 4.79 Å². The van der Waals surface area contributed by atoms with Gasteiger partial charge in [-0.1, -0.05) is 13.8 Å². The van der Waals surface area contributed by atoms with Crippen LogP contribution in [0, 0.1) is 0 Å². The van der Waals surface area contributed by atoms with Gasteiger partial charge in [0.1, 0.15) is 0 Å². The van der Waals surface area contributed by atoms with Crippen molar-refractivity contribution in [3.05, 3.63) is 29.8 Å². The van der Waals surface area contributed by atoms with E-state index in [9.17, 15) is 4.79 Å². The van der Waals surface area contributed by atoms with Crippen LogP contribution in [0.25, 0.3) is 0 Å². The maximum absolute atomic E-state index is 11.9. The zero-order valence-electron chi connectivity index (χ0n) is 12.3. The van der Waals surface area contributed by atoms with Gasteiger partial charge >= 0.3 is 0 Å². The standard InChI is InChI=1S/C15H24N2OS/c1-12(2)19-14-8-6-13(7-9-14)15(18)16-10-5-11-17(3)4/h6-9,12H,5,10-11H2,1-4H3,(H,16,18). The first kappa shape index (κ1) is 16.1. The first-order chi connectivity index (χ1) is 8.99. The Hall–Kier alpha value is -1.00. The van der Waals surface area contributed by atoms with Crippen molar-refractivity contribution in [2.24, 2.45) is 0 Å². The highest BCUT2D eigenvalue weighted by molar-refractivity contribution is 7.99. The number of carbonyl (C=O) groups excluding carboxylic acids is 1. The van der Waals surface area contributed by atoms with Crippen molar-refractivity contribution in [2.45, 2.75) is 30.4 Å². The Bertz CT molecular complexity index is 388. The van der Waals surface area contributed by atoms with Crippen molar-refractivity contribution in [1.29, 1.82) is 0 Å². The van der Waals surface area contributed by atoms with E-state index < -0.39 is 0 Å². The highest BCUT2D eigenvalue weighted by Gasteiger charge is 2.05. The van der Waals surface area contributed by atoms with E-state index in [0.717, 1.165) is 25.1 Å². The highest BCUT2D eigenvalue weighted by atomic mass is 32.2. The van der Waals surface area contributed by atoms with E-state index in [0.29, 0.717) is 5.25 Å². The normalized spacial score (nSPS) is 11.1. The summed E-state index contributed by atoms with van der Waals surface area (Å²) in [6.45, 7) is 6.04. The number of amides is 1. The molecule has 0 saturated heterocycles. The Balaban J connectivity index is 2.40. The SMILES string of the molecule is CC(C)Sc1ccc(C(=O)NCCCN(C)C)cc1. The smallest absolute Gasteiger partial charge is 0.251 e. The number of benzene rings is 1. The Morgan fingerprint density at radius 2 is 1.89 bits per heavy atom. The fraction of sp³-hybridized carbons (Fsp3) is 0.533. The van der Waals surface area contributed by atoms with Gasteiger partial charge in [-0.25, -0.2) is 0 Å². The van der Waals surface area contributed by atoms with Crippen molar-refractivity contribution < 1.29 is 4.79 Å². The van der Waals surface area contributed by atoms with Crippen molar-refractivity contribution >= 4 is 17.7 Å². The molecule has 106 valence electrons. The maximum Gasteiger partial charge on any atom is 0.251 e. The summed E-state index contributed by atoms with van der Waals surface area (Å²) < 4.78 is 0. The molecule has 0 saturated carbocycles. The van der Waals surface area contributed by atoms with Crippen LogP contribution < -0.4 is 5.32 Å². The summed E-state index contributed by atoms with van der Waals surface area (Å²) in [6, 6.07) is 7.82. The molecule has 0 spiro atoms. The molecule has 0 aliphatic carbocycles. The van der Waals surface area contributed by atoms with Gasteiger partial charge in [-0.2, -0.15) is 0 Å². The Morgan fingerprint density at radius 3 is 2.42 bits per heavy atom. The first-order valence-electron chi connectivity index (χ1n) is 6.68. The molecular weight excluding hydrogens is 256 g/mol. The molecule has 0 aliphatic heterocycles. The molecule has 0 unspecified atom stereocenters. The van der Waals surface area contributed by atoms with Gasteiger partial charge in [-0.15, -0.1) is 11.8 Å². The predicted octanol–water partition coefficient (Wildman–Crippen LogP) is 2.87. The minimum atomic E-state index is 0.0138. The molecule has 1 amide bonds. The molecule has 3 nitrogen and oxygen atoms in total. The van der Waals surface area contributed by atoms with E-state index in [2.05, 4.69) is 24.1 Å². The van der Waals surface area contributed by atoms with Crippen LogP contribution in [-0.2, 0) is 0 Å². The predicted molar refractivity (Wildman–Crippen MR) is 82.9 cm³/mol. The van der Waals surface area contributed by atoms with E-state index in [1.165, 1.54) is 4.90 Å². The number of nitrogens with one attached hydrogen (secondary N) is 1. The molecule has 0 heterocycles. The third kappa shape index (κ3) is 6.64. The minimum Gasteiger partial charge on any atom is -0.352 e. The third-order valence-electron chi connectivity index (χ3n) is 2.56. The summed E-state index contributed by atoms with van der Waals surface area (Å²) in [5, 5.41) is 3.50. The van der Waals surface area contributed by atoms with Crippen LogP contribution in [0.3, 0.4) is 0 Å². The Morgan fingerprint density at radius 1 is 1.26 bits per heavy atom. The van der Waals surface area contributed by atoms with Gasteiger partial charge in [0.2, 0.25) is 0 Å². The molecule has 1 aromatic carbocycles. The monoisotopic (exact) mass is 280 g/mol. The lowest BCUT2D eigenvalue weighted by molar-refractivity contribution is 0.0952. The fourth-order valence-corrected chi connectivity index (χ4v) is 2.49. The van der Waals surface area contributed by atoms with Gasteiger partial charge in [-0.05, 0) is 51.3 Å². The molecule has 4 heteroatoms. The van der Waals surface area contributed by atoms with E-state index in [-0.39, 0.29) is 5.91 Å². The number of rotatable bonds is 7. The summed E-state index contributed by atoms with van der Waals surface area (Å²) >= 11 is 1.81. The number of thioether (sulfide) groups is 1. The average Bonchev–Trinajstić information content (AvgIpc) is 2.34. The summed E-state index contributed by atoms with van der Waals surface area (Å²) in [6.07, 6.45) is 0.972. The lowest BCUT2D eigenvalue weighted by Crippen LogP contribution is -2.27. The van der Waals surface area contributed by atoms with Gasteiger partial charge in [0.25, 0.3) is 5.91 Å². The van der Waals surface area contributed by atoms with Crippen molar-refractivity contribution in [3.63, 3.8) is 0 Å². The molecular formula is C15H24N2OS. The zero-order chi connectivity index (χ0) is 14.3. The minimum absolute atomic E-state index is 0.0138. The van der Waals surface area contributed by atoms with Crippen LogP contribution >= 0.6 is 11.8 Å². The Kier molecular flexibility index (Phi) is 6.95. The molecule has 0 atom stereocenters. The largest absolute Gasteiger partial charge is 0.352 e. The molecule has 0 fully saturated rings. The number of hydrogen-bond donors (Lipinski definition) is 1. The molecule has 1 rings (SSSR count). The van der Waals surface area contributed by atoms with Crippen molar-refractivity contribution in [1.82, 2.24) is 10.2 Å². The van der Waals surface area contributed by atoms with Crippen LogP contribution in [0.2, 0.25) is 0 Å². The summed E-state index contributed by atoms with van der Waals surface area (Å²) in [7, 11) is 4.07. The van der Waals surface area contributed by atoms with Crippen LogP contribution in [0.1, 0.15) is 30.6 Å². The van der Waals surface area contributed by atoms with Crippen LogP contribution in [0.4, 0.5) is 0 Å². The van der Waals surface area contributed by atoms with Gasteiger partial charge in [0.05, 0.1) is 0 Å². The molecule has 0 aliphatic rings. The van der Waals surface area contributed by atoms with Gasteiger partial charge < -0.3 is 10.2 Å². The van der Waals surface area contributed by atoms with Crippen molar-refractivity contribution in [2.75, 3.05) is 27.2 Å².